The average molecular weight is 451 g/mol. The minimum absolute atomic E-state index is 0.00317. The molecule has 1 fully saturated rings. The van der Waals surface area contributed by atoms with E-state index >= 15 is 0 Å². The lowest BCUT2D eigenvalue weighted by Gasteiger charge is -2.28. The number of nitrogens with zero attached hydrogens (tertiary/aromatic N) is 3. The third-order valence-corrected chi connectivity index (χ3v) is 5.63. The van der Waals surface area contributed by atoms with Gasteiger partial charge in [-0.05, 0) is 67.7 Å². The Morgan fingerprint density at radius 2 is 1.94 bits per heavy atom. The van der Waals surface area contributed by atoms with Crippen LogP contribution in [0, 0.1) is 0 Å². The molecule has 0 aliphatic carbocycles. The minimum Gasteiger partial charge on any atom is -0.478 e. The first kappa shape index (κ1) is 21.5. The summed E-state index contributed by atoms with van der Waals surface area (Å²) in [5, 5.41) is 12.9. The number of pyridine rings is 1. The van der Waals surface area contributed by atoms with Gasteiger partial charge < -0.3 is 24.6 Å². The maximum atomic E-state index is 12.3. The molecule has 3 heterocycles. The van der Waals surface area contributed by atoms with E-state index in [2.05, 4.69) is 10.3 Å². The SMILES string of the molecule is CCOC(=O)CN1C(=S)N[C@H](c2ccccn2)[C@H]1c1cccn1-c1ccc(C(=O)O)cc1. The minimum atomic E-state index is -0.981. The molecule has 0 spiro atoms. The normalized spacial score (nSPS) is 17.8. The predicted molar refractivity (Wildman–Crippen MR) is 122 cm³/mol. The van der Waals surface area contributed by atoms with E-state index in [1.165, 1.54) is 0 Å². The Morgan fingerprint density at radius 3 is 2.59 bits per heavy atom. The zero-order valence-electron chi connectivity index (χ0n) is 17.3. The molecule has 0 saturated carbocycles. The number of nitrogens with one attached hydrogen (secondary N) is 1. The Bertz CT molecular complexity index is 1130. The molecule has 2 atom stereocenters. The van der Waals surface area contributed by atoms with Crippen molar-refractivity contribution in [3.8, 4) is 5.69 Å². The van der Waals surface area contributed by atoms with E-state index in [0.29, 0.717) is 5.11 Å². The summed E-state index contributed by atoms with van der Waals surface area (Å²) in [5.74, 6) is -1.35. The monoisotopic (exact) mass is 450 g/mol. The topological polar surface area (TPSA) is 96.7 Å². The third-order valence-electron chi connectivity index (χ3n) is 5.28. The van der Waals surface area contributed by atoms with Gasteiger partial charge in [0.15, 0.2) is 5.11 Å². The number of carboxylic acids is 1. The number of aromatic nitrogens is 2. The molecule has 1 aliphatic rings. The third kappa shape index (κ3) is 4.19. The second-order valence-electron chi connectivity index (χ2n) is 7.21. The van der Waals surface area contributed by atoms with Gasteiger partial charge in [0.2, 0.25) is 0 Å². The highest BCUT2D eigenvalue weighted by atomic mass is 32.1. The summed E-state index contributed by atoms with van der Waals surface area (Å²) in [6, 6.07) is 15.5. The van der Waals surface area contributed by atoms with Gasteiger partial charge in [0, 0.05) is 23.8 Å². The van der Waals surface area contributed by atoms with Crippen LogP contribution in [0.4, 0.5) is 0 Å². The van der Waals surface area contributed by atoms with E-state index in [1.807, 2.05) is 46.0 Å². The van der Waals surface area contributed by atoms with Crippen molar-refractivity contribution < 1.29 is 19.4 Å². The zero-order valence-corrected chi connectivity index (χ0v) is 18.2. The van der Waals surface area contributed by atoms with Gasteiger partial charge in [-0.3, -0.25) is 9.78 Å². The number of thiocarbonyl (C=S) groups is 1. The number of carbonyl (C=O) groups is 2. The first-order valence-electron chi connectivity index (χ1n) is 10.1. The molecule has 164 valence electrons. The molecule has 0 amide bonds. The lowest BCUT2D eigenvalue weighted by Crippen LogP contribution is -2.36. The lowest BCUT2D eigenvalue weighted by atomic mass is 10.0. The summed E-state index contributed by atoms with van der Waals surface area (Å²) in [7, 11) is 0. The van der Waals surface area contributed by atoms with Gasteiger partial charge >= 0.3 is 11.9 Å². The molecule has 1 aromatic carbocycles. The molecule has 3 aromatic rings. The summed E-state index contributed by atoms with van der Waals surface area (Å²) in [4.78, 5) is 29.9. The Hall–Kier alpha value is -3.72. The summed E-state index contributed by atoms with van der Waals surface area (Å²) in [6.45, 7) is 2.04. The first-order chi connectivity index (χ1) is 15.5. The van der Waals surface area contributed by atoms with Crippen LogP contribution in [0.5, 0.6) is 0 Å². The number of hydrogen-bond acceptors (Lipinski definition) is 5. The molecule has 1 saturated heterocycles. The highest BCUT2D eigenvalue weighted by molar-refractivity contribution is 7.80. The van der Waals surface area contributed by atoms with E-state index in [4.69, 9.17) is 17.0 Å². The second kappa shape index (κ2) is 9.19. The summed E-state index contributed by atoms with van der Waals surface area (Å²) in [5.41, 5.74) is 2.67. The zero-order chi connectivity index (χ0) is 22.7. The summed E-state index contributed by atoms with van der Waals surface area (Å²) >= 11 is 5.58. The van der Waals surface area contributed by atoms with Crippen LogP contribution in [0.3, 0.4) is 0 Å². The Labute approximate surface area is 190 Å². The van der Waals surface area contributed by atoms with E-state index in [0.717, 1.165) is 17.1 Å². The van der Waals surface area contributed by atoms with Crippen LogP contribution in [0.1, 0.15) is 40.8 Å². The smallest absolute Gasteiger partial charge is 0.335 e. The molecule has 8 nitrogen and oxygen atoms in total. The highest BCUT2D eigenvalue weighted by Crippen LogP contribution is 2.39. The second-order valence-corrected chi connectivity index (χ2v) is 7.60. The van der Waals surface area contributed by atoms with Crippen molar-refractivity contribution in [1.29, 1.82) is 0 Å². The molecule has 0 bridgehead atoms. The Morgan fingerprint density at radius 1 is 1.16 bits per heavy atom. The summed E-state index contributed by atoms with van der Waals surface area (Å²) in [6.07, 6.45) is 3.61. The quantitative estimate of drug-likeness (QED) is 0.419. The molecule has 0 radical (unpaired) electrons. The van der Waals surface area contributed by atoms with Crippen LogP contribution in [-0.2, 0) is 9.53 Å². The maximum Gasteiger partial charge on any atom is 0.335 e. The molecule has 2 aromatic heterocycles. The molecular weight excluding hydrogens is 428 g/mol. The van der Waals surface area contributed by atoms with Crippen LogP contribution in [-0.4, -0.2) is 49.8 Å². The van der Waals surface area contributed by atoms with Crippen LogP contribution >= 0.6 is 12.2 Å². The number of benzene rings is 1. The van der Waals surface area contributed by atoms with E-state index < -0.39 is 5.97 Å². The molecule has 32 heavy (non-hydrogen) atoms. The average Bonchev–Trinajstić information content (AvgIpc) is 3.39. The standard InChI is InChI=1S/C23H22N4O4S/c1-2-31-19(28)14-27-21(20(25-23(27)32)17-6-3-4-12-24-17)18-7-5-13-26(18)16-10-8-15(9-11-16)22(29)30/h3-13,20-21H,2,14H2,1H3,(H,25,32)(H,29,30)/t20-,21-/m1/s1. The molecular formula is C23H22N4O4S. The number of esters is 1. The van der Waals surface area contributed by atoms with Crippen molar-refractivity contribution in [3.05, 3.63) is 83.9 Å². The Balaban J connectivity index is 1.76. The van der Waals surface area contributed by atoms with E-state index in [-0.39, 0.29) is 36.8 Å². The van der Waals surface area contributed by atoms with Crippen LogP contribution in [0.2, 0.25) is 0 Å². The fourth-order valence-corrected chi connectivity index (χ4v) is 4.18. The van der Waals surface area contributed by atoms with Gasteiger partial charge in [-0.2, -0.15) is 0 Å². The number of ether oxygens (including phenoxy) is 1. The van der Waals surface area contributed by atoms with Gasteiger partial charge in [0.25, 0.3) is 0 Å². The van der Waals surface area contributed by atoms with Crippen molar-refractivity contribution in [2.24, 2.45) is 0 Å². The number of aromatic carboxylic acids is 1. The first-order valence-corrected chi connectivity index (χ1v) is 10.5. The predicted octanol–water partition coefficient (Wildman–Crippen LogP) is 3.11. The van der Waals surface area contributed by atoms with E-state index in [9.17, 15) is 14.7 Å². The van der Waals surface area contributed by atoms with Crippen LogP contribution < -0.4 is 5.32 Å². The molecule has 9 heteroatoms. The number of hydrogen-bond donors (Lipinski definition) is 2. The van der Waals surface area contributed by atoms with Crippen molar-refractivity contribution in [3.63, 3.8) is 0 Å². The molecule has 2 N–H and O–H groups in total. The van der Waals surface area contributed by atoms with Crippen LogP contribution in [0.25, 0.3) is 5.69 Å². The van der Waals surface area contributed by atoms with Crippen LogP contribution in [0.15, 0.2) is 67.0 Å². The Kier molecular flexibility index (Phi) is 6.18. The number of rotatable bonds is 7. The fraction of sp³-hybridized carbons (Fsp3) is 0.217. The largest absolute Gasteiger partial charge is 0.478 e. The number of carbonyl (C=O) groups excluding carboxylic acids is 1. The van der Waals surface area contributed by atoms with Gasteiger partial charge in [0.05, 0.1) is 29.9 Å². The maximum absolute atomic E-state index is 12.3. The van der Waals surface area contributed by atoms with Gasteiger partial charge in [-0.25, -0.2) is 4.79 Å². The molecule has 1 aliphatic heterocycles. The van der Waals surface area contributed by atoms with Crippen molar-refractivity contribution in [2.45, 2.75) is 19.0 Å². The molecule has 4 rings (SSSR count). The lowest BCUT2D eigenvalue weighted by molar-refractivity contribution is -0.143. The highest BCUT2D eigenvalue weighted by Gasteiger charge is 2.42. The van der Waals surface area contributed by atoms with Crippen molar-refractivity contribution in [2.75, 3.05) is 13.2 Å². The van der Waals surface area contributed by atoms with Crippen molar-refractivity contribution in [1.82, 2.24) is 19.8 Å². The van der Waals surface area contributed by atoms with E-state index in [1.54, 1.807) is 37.4 Å². The van der Waals surface area contributed by atoms with Gasteiger partial charge in [0.1, 0.15) is 6.54 Å². The van der Waals surface area contributed by atoms with Gasteiger partial charge in [-0.15, -0.1) is 0 Å². The van der Waals surface area contributed by atoms with Gasteiger partial charge in [-0.1, -0.05) is 6.07 Å². The fourth-order valence-electron chi connectivity index (χ4n) is 3.88. The van der Waals surface area contributed by atoms with Crippen molar-refractivity contribution >= 4 is 29.3 Å². The summed E-state index contributed by atoms with van der Waals surface area (Å²) < 4.78 is 7.12. The molecule has 0 unspecified atom stereocenters. The number of carboxylic acid groups (broad SMARTS) is 1.